The van der Waals surface area contributed by atoms with Gasteiger partial charge in [-0.3, -0.25) is 9.69 Å². The summed E-state index contributed by atoms with van der Waals surface area (Å²) >= 11 is 7.79. The lowest BCUT2D eigenvalue weighted by Gasteiger charge is -2.34. The third-order valence-corrected chi connectivity index (χ3v) is 5.93. The van der Waals surface area contributed by atoms with Gasteiger partial charge in [0.1, 0.15) is 0 Å². The molecule has 2 aromatic rings. The Labute approximate surface area is 146 Å². The highest BCUT2D eigenvalue weighted by molar-refractivity contribution is 7.19. The molecule has 5 heteroatoms. The molecule has 3 nitrogen and oxygen atoms in total. The van der Waals surface area contributed by atoms with E-state index in [4.69, 9.17) is 11.6 Å². The Bertz CT molecular complexity index is 732. The second-order valence-electron chi connectivity index (χ2n) is 5.94. The number of fused-ring (bicyclic) bond motifs is 1. The van der Waals surface area contributed by atoms with Crippen LogP contribution in [0.4, 0.5) is 0 Å². The van der Waals surface area contributed by atoms with Gasteiger partial charge in [-0.1, -0.05) is 17.7 Å². The average Bonchev–Trinajstić information content (AvgIpc) is 2.84. The molecule has 1 aromatic heterocycles. The minimum Gasteiger partial charge on any atom is -0.340 e. The number of thiophene rings is 1. The predicted molar refractivity (Wildman–Crippen MR) is 98.5 cm³/mol. The molecule has 0 spiro atoms. The zero-order valence-electron chi connectivity index (χ0n) is 13.3. The second kappa shape index (κ2) is 7.04. The van der Waals surface area contributed by atoms with Crippen molar-refractivity contribution in [3.8, 4) is 0 Å². The lowest BCUT2D eigenvalue weighted by Crippen LogP contribution is -2.49. The predicted octanol–water partition coefficient (Wildman–Crippen LogP) is 3.74. The first kappa shape index (κ1) is 16.5. The number of carbonyl (C=O) groups is 1. The fourth-order valence-corrected chi connectivity index (χ4v) is 4.38. The number of hydrogen-bond acceptors (Lipinski definition) is 3. The standard InChI is InChI=1S/C18H21ClN2OS/c1-3-6-20-7-9-21(10-8-20)18(22)12-17-13(2)15-11-14(19)4-5-16(15)23-17/h3-5,11H,1,6-10,12H2,2H3. The molecule has 0 N–H and O–H groups in total. The molecule has 2 heterocycles. The third-order valence-electron chi connectivity index (χ3n) is 4.42. The Balaban J connectivity index is 1.69. The maximum absolute atomic E-state index is 12.6. The molecule has 3 rings (SSSR count). The molecule has 0 saturated carbocycles. The first-order valence-corrected chi connectivity index (χ1v) is 9.06. The molecular formula is C18H21ClN2OS. The highest BCUT2D eigenvalue weighted by Gasteiger charge is 2.22. The van der Waals surface area contributed by atoms with Crippen LogP contribution in [0.2, 0.25) is 5.02 Å². The molecule has 122 valence electrons. The third kappa shape index (κ3) is 3.60. The van der Waals surface area contributed by atoms with Crippen LogP contribution in [0.1, 0.15) is 10.4 Å². The SMILES string of the molecule is C=CCN1CCN(C(=O)Cc2sc3ccc(Cl)cc3c2C)CC1. The lowest BCUT2D eigenvalue weighted by atomic mass is 10.1. The van der Waals surface area contributed by atoms with Crippen molar-refractivity contribution in [2.24, 2.45) is 0 Å². The summed E-state index contributed by atoms with van der Waals surface area (Å²) < 4.78 is 1.20. The van der Waals surface area contributed by atoms with E-state index in [1.165, 1.54) is 15.6 Å². The lowest BCUT2D eigenvalue weighted by molar-refractivity contribution is -0.132. The Hall–Kier alpha value is -1.36. The minimum absolute atomic E-state index is 0.226. The maximum atomic E-state index is 12.6. The minimum atomic E-state index is 0.226. The van der Waals surface area contributed by atoms with Gasteiger partial charge in [-0.25, -0.2) is 0 Å². The number of hydrogen-bond donors (Lipinski definition) is 0. The summed E-state index contributed by atoms with van der Waals surface area (Å²) in [5.41, 5.74) is 1.19. The van der Waals surface area contributed by atoms with Gasteiger partial charge in [-0.05, 0) is 36.1 Å². The van der Waals surface area contributed by atoms with E-state index in [0.717, 1.165) is 42.6 Å². The smallest absolute Gasteiger partial charge is 0.227 e. The zero-order valence-corrected chi connectivity index (χ0v) is 14.9. The van der Waals surface area contributed by atoms with Crippen LogP contribution >= 0.6 is 22.9 Å². The molecule has 0 unspecified atom stereocenters. The molecule has 0 atom stereocenters. The molecule has 1 aliphatic rings. The van der Waals surface area contributed by atoms with E-state index in [9.17, 15) is 4.79 Å². The number of benzene rings is 1. The number of amides is 1. The van der Waals surface area contributed by atoms with Crippen molar-refractivity contribution in [3.63, 3.8) is 0 Å². The zero-order chi connectivity index (χ0) is 16.4. The van der Waals surface area contributed by atoms with Crippen LogP contribution in [0.25, 0.3) is 10.1 Å². The van der Waals surface area contributed by atoms with Crippen LogP contribution in [0.15, 0.2) is 30.9 Å². The first-order chi connectivity index (χ1) is 11.1. The van der Waals surface area contributed by atoms with Gasteiger partial charge in [0.15, 0.2) is 0 Å². The molecule has 1 aromatic carbocycles. The van der Waals surface area contributed by atoms with Gasteiger partial charge in [-0.15, -0.1) is 17.9 Å². The van der Waals surface area contributed by atoms with Gasteiger partial charge in [0.2, 0.25) is 5.91 Å². The summed E-state index contributed by atoms with van der Waals surface area (Å²) in [4.78, 5) is 18.1. The van der Waals surface area contributed by atoms with Gasteiger partial charge in [0.05, 0.1) is 6.42 Å². The second-order valence-corrected chi connectivity index (χ2v) is 7.51. The van der Waals surface area contributed by atoms with Crippen LogP contribution in [-0.2, 0) is 11.2 Å². The Kier molecular flexibility index (Phi) is 5.05. The largest absolute Gasteiger partial charge is 0.340 e. The fourth-order valence-electron chi connectivity index (χ4n) is 3.02. The van der Waals surface area contributed by atoms with E-state index < -0.39 is 0 Å². The summed E-state index contributed by atoms with van der Waals surface area (Å²) in [6.07, 6.45) is 2.41. The molecular weight excluding hydrogens is 328 g/mol. The Morgan fingerprint density at radius 2 is 2.09 bits per heavy atom. The fraction of sp³-hybridized carbons (Fsp3) is 0.389. The molecule has 23 heavy (non-hydrogen) atoms. The van der Waals surface area contributed by atoms with Gasteiger partial charge >= 0.3 is 0 Å². The Morgan fingerprint density at radius 3 is 2.78 bits per heavy atom. The normalized spacial score (nSPS) is 16.0. The van der Waals surface area contributed by atoms with Crippen LogP contribution in [0, 0.1) is 6.92 Å². The molecule has 1 amide bonds. The molecule has 0 radical (unpaired) electrons. The number of piperazine rings is 1. The average molecular weight is 349 g/mol. The van der Waals surface area contributed by atoms with Gasteiger partial charge in [0.25, 0.3) is 0 Å². The topological polar surface area (TPSA) is 23.6 Å². The number of rotatable bonds is 4. The van der Waals surface area contributed by atoms with Crippen LogP contribution in [0.5, 0.6) is 0 Å². The van der Waals surface area contributed by atoms with Crippen molar-refractivity contribution >= 4 is 38.9 Å². The van der Waals surface area contributed by atoms with Crippen molar-refractivity contribution < 1.29 is 4.79 Å². The summed E-state index contributed by atoms with van der Waals surface area (Å²) in [6, 6.07) is 5.94. The molecule has 1 saturated heterocycles. The molecule has 1 aliphatic heterocycles. The van der Waals surface area contributed by atoms with E-state index in [-0.39, 0.29) is 5.91 Å². The Morgan fingerprint density at radius 1 is 1.35 bits per heavy atom. The van der Waals surface area contributed by atoms with Crippen LogP contribution in [-0.4, -0.2) is 48.4 Å². The summed E-state index contributed by atoms with van der Waals surface area (Å²) in [5.74, 6) is 0.226. The summed E-state index contributed by atoms with van der Waals surface area (Å²) in [5, 5.41) is 1.91. The quantitative estimate of drug-likeness (QED) is 0.786. The van der Waals surface area contributed by atoms with E-state index in [2.05, 4.69) is 18.4 Å². The van der Waals surface area contributed by atoms with Crippen molar-refractivity contribution in [1.29, 1.82) is 0 Å². The molecule has 0 bridgehead atoms. The molecule has 1 fully saturated rings. The monoisotopic (exact) mass is 348 g/mol. The van der Waals surface area contributed by atoms with Gasteiger partial charge < -0.3 is 4.90 Å². The van der Waals surface area contributed by atoms with Gasteiger partial charge in [-0.2, -0.15) is 0 Å². The summed E-state index contributed by atoms with van der Waals surface area (Å²) in [7, 11) is 0. The van der Waals surface area contributed by atoms with Crippen molar-refractivity contribution in [3.05, 3.63) is 46.3 Å². The highest BCUT2D eigenvalue weighted by Crippen LogP contribution is 2.33. The number of aryl methyl sites for hydroxylation is 1. The van der Waals surface area contributed by atoms with E-state index in [0.29, 0.717) is 6.42 Å². The number of halogens is 1. The van der Waals surface area contributed by atoms with Crippen molar-refractivity contribution in [2.45, 2.75) is 13.3 Å². The number of carbonyl (C=O) groups excluding carboxylic acids is 1. The summed E-state index contributed by atoms with van der Waals surface area (Å²) in [6.45, 7) is 10.2. The molecule has 0 aliphatic carbocycles. The van der Waals surface area contributed by atoms with E-state index >= 15 is 0 Å². The van der Waals surface area contributed by atoms with E-state index in [1.54, 1.807) is 11.3 Å². The maximum Gasteiger partial charge on any atom is 0.227 e. The van der Waals surface area contributed by atoms with Crippen LogP contribution < -0.4 is 0 Å². The van der Waals surface area contributed by atoms with Gasteiger partial charge in [0, 0.05) is 47.3 Å². The van der Waals surface area contributed by atoms with Crippen LogP contribution in [0.3, 0.4) is 0 Å². The number of nitrogens with zero attached hydrogens (tertiary/aromatic N) is 2. The van der Waals surface area contributed by atoms with E-state index in [1.807, 2.05) is 29.2 Å². The highest BCUT2D eigenvalue weighted by atomic mass is 35.5. The van der Waals surface area contributed by atoms with Crippen molar-refractivity contribution in [1.82, 2.24) is 9.80 Å². The first-order valence-electron chi connectivity index (χ1n) is 7.87. The van der Waals surface area contributed by atoms with Crippen molar-refractivity contribution in [2.75, 3.05) is 32.7 Å².